The maximum Gasteiger partial charge on any atom is 0.326 e. The van der Waals surface area contributed by atoms with Crippen LogP contribution >= 0.6 is 0 Å². The molecule has 1 atom stereocenters. The molecule has 23 heavy (non-hydrogen) atoms. The number of hydrogen-bond donors (Lipinski definition) is 1. The summed E-state index contributed by atoms with van der Waals surface area (Å²) in [5, 5.41) is 2.56. The molecule has 1 aliphatic rings. The van der Waals surface area contributed by atoms with Crippen LogP contribution in [0.1, 0.15) is 24.9 Å². The van der Waals surface area contributed by atoms with Crippen molar-refractivity contribution in [2.24, 2.45) is 0 Å². The van der Waals surface area contributed by atoms with Gasteiger partial charge in [-0.1, -0.05) is 37.3 Å². The average molecular weight is 320 g/mol. The summed E-state index contributed by atoms with van der Waals surface area (Å²) in [7, 11) is 0. The molecule has 1 aliphatic heterocycles. The number of carbonyl (C=O) groups excluding carboxylic acids is 3. The first-order valence-electron chi connectivity index (χ1n) is 7.53. The third-order valence-electron chi connectivity index (χ3n) is 3.29. The van der Waals surface area contributed by atoms with Gasteiger partial charge in [0, 0.05) is 6.61 Å². The minimum atomic E-state index is -0.760. The smallest absolute Gasteiger partial charge is 0.326 e. The Morgan fingerprint density at radius 2 is 1.91 bits per heavy atom. The van der Waals surface area contributed by atoms with Crippen molar-refractivity contribution in [1.82, 2.24) is 10.2 Å². The summed E-state index contributed by atoms with van der Waals surface area (Å²) in [6.45, 7) is 2.58. The fourth-order valence-electron chi connectivity index (χ4n) is 2.18. The number of nitrogens with zero attached hydrogens (tertiary/aromatic N) is 1. The summed E-state index contributed by atoms with van der Waals surface area (Å²) < 4.78 is 10.1. The molecule has 0 saturated carbocycles. The second-order valence-electron chi connectivity index (χ2n) is 5.05. The highest BCUT2D eigenvalue weighted by Crippen LogP contribution is 2.21. The zero-order valence-corrected chi connectivity index (χ0v) is 13.0. The Bertz CT molecular complexity index is 561. The van der Waals surface area contributed by atoms with Crippen molar-refractivity contribution in [3.8, 4) is 0 Å². The fraction of sp³-hybridized carbons (Fsp3) is 0.438. The molecule has 3 amide bonds. The number of esters is 1. The van der Waals surface area contributed by atoms with Crippen LogP contribution in [0.2, 0.25) is 0 Å². The van der Waals surface area contributed by atoms with Gasteiger partial charge in [0.15, 0.2) is 0 Å². The average Bonchev–Trinajstić information content (AvgIpc) is 2.83. The summed E-state index contributed by atoms with van der Waals surface area (Å²) in [5.74, 6) is -1.09. The van der Waals surface area contributed by atoms with Gasteiger partial charge in [-0.05, 0) is 12.0 Å². The summed E-state index contributed by atoms with van der Waals surface area (Å²) in [6, 6.07) is 7.52. The first-order valence-corrected chi connectivity index (χ1v) is 7.53. The van der Waals surface area contributed by atoms with Crippen LogP contribution in [-0.2, 0) is 19.1 Å². The van der Waals surface area contributed by atoms with Gasteiger partial charge in [-0.15, -0.1) is 0 Å². The number of ether oxygens (including phenoxy) is 2. The number of urea groups is 1. The van der Waals surface area contributed by atoms with Crippen molar-refractivity contribution >= 4 is 17.9 Å². The first-order chi connectivity index (χ1) is 11.1. The number of carbonyl (C=O) groups is 3. The molecule has 1 N–H and O–H groups in total. The van der Waals surface area contributed by atoms with Crippen molar-refractivity contribution in [3.63, 3.8) is 0 Å². The molecule has 1 saturated heterocycles. The highest BCUT2D eigenvalue weighted by molar-refractivity contribution is 6.06. The molecule has 0 spiro atoms. The molecule has 7 heteroatoms. The monoisotopic (exact) mass is 320 g/mol. The van der Waals surface area contributed by atoms with Crippen molar-refractivity contribution in [2.75, 3.05) is 26.4 Å². The van der Waals surface area contributed by atoms with Crippen LogP contribution in [0.5, 0.6) is 0 Å². The lowest BCUT2D eigenvalue weighted by Crippen LogP contribution is -2.36. The second kappa shape index (κ2) is 8.28. The Balaban J connectivity index is 1.84. The summed E-state index contributed by atoms with van der Waals surface area (Å²) in [6.07, 6.45) is 0.886. The Morgan fingerprint density at radius 1 is 1.17 bits per heavy atom. The van der Waals surface area contributed by atoms with E-state index in [4.69, 9.17) is 9.47 Å². The van der Waals surface area contributed by atoms with E-state index >= 15 is 0 Å². The number of nitrogens with one attached hydrogen (secondary N) is 1. The molecule has 0 aliphatic carbocycles. The topological polar surface area (TPSA) is 84.9 Å². The van der Waals surface area contributed by atoms with Gasteiger partial charge < -0.3 is 14.8 Å². The molecule has 1 aromatic carbocycles. The van der Waals surface area contributed by atoms with Crippen LogP contribution < -0.4 is 5.32 Å². The van der Waals surface area contributed by atoms with Crippen molar-refractivity contribution in [3.05, 3.63) is 35.9 Å². The first kappa shape index (κ1) is 17.0. The molecule has 0 radical (unpaired) electrons. The summed E-state index contributed by atoms with van der Waals surface area (Å²) in [5.41, 5.74) is 0.676. The second-order valence-corrected chi connectivity index (χ2v) is 5.05. The van der Waals surface area contributed by atoms with Crippen LogP contribution in [0.15, 0.2) is 30.3 Å². The number of hydrogen-bond acceptors (Lipinski definition) is 5. The van der Waals surface area contributed by atoms with Gasteiger partial charge in [-0.3, -0.25) is 14.5 Å². The van der Waals surface area contributed by atoms with Crippen LogP contribution in [-0.4, -0.2) is 49.2 Å². The van der Waals surface area contributed by atoms with E-state index in [-0.39, 0.29) is 6.61 Å². The molecule has 0 bridgehead atoms. The number of benzene rings is 1. The Kier molecular flexibility index (Phi) is 6.10. The Labute approximate surface area is 134 Å². The predicted octanol–water partition coefficient (Wildman–Crippen LogP) is 1.25. The predicted molar refractivity (Wildman–Crippen MR) is 81.5 cm³/mol. The van der Waals surface area contributed by atoms with E-state index in [0.717, 1.165) is 11.3 Å². The molecule has 2 rings (SSSR count). The summed E-state index contributed by atoms with van der Waals surface area (Å²) in [4.78, 5) is 36.7. The third kappa shape index (κ3) is 4.53. The zero-order valence-electron chi connectivity index (χ0n) is 13.0. The SMILES string of the molecule is CCCOCCOC(=O)CN1C(=O)NC(c2ccccc2)C1=O. The molecule has 7 nitrogen and oxygen atoms in total. The molecule has 1 aromatic rings. The standard InChI is InChI=1S/C16H20N2O5/c1-2-8-22-9-10-23-13(19)11-18-15(20)14(17-16(18)21)12-6-4-3-5-7-12/h3-7,14H,2,8-11H2,1H3,(H,17,21). The maximum atomic E-state index is 12.3. The highest BCUT2D eigenvalue weighted by atomic mass is 16.6. The normalized spacial score (nSPS) is 17.3. The van der Waals surface area contributed by atoms with E-state index in [1.54, 1.807) is 24.3 Å². The molecule has 1 unspecified atom stereocenters. The maximum absolute atomic E-state index is 12.3. The van der Waals surface area contributed by atoms with E-state index in [1.165, 1.54) is 0 Å². The van der Waals surface area contributed by atoms with E-state index in [1.807, 2.05) is 13.0 Å². The van der Waals surface area contributed by atoms with E-state index in [9.17, 15) is 14.4 Å². The quantitative estimate of drug-likeness (QED) is 0.443. The number of imide groups is 1. The zero-order chi connectivity index (χ0) is 16.7. The molecule has 1 fully saturated rings. The minimum absolute atomic E-state index is 0.102. The van der Waals surface area contributed by atoms with Crippen LogP contribution in [0.3, 0.4) is 0 Å². The van der Waals surface area contributed by atoms with Gasteiger partial charge >= 0.3 is 12.0 Å². The van der Waals surface area contributed by atoms with E-state index in [0.29, 0.717) is 18.8 Å². The van der Waals surface area contributed by atoms with Gasteiger partial charge in [0.25, 0.3) is 5.91 Å². The van der Waals surface area contributed by atoms with Gasteiger partial charge in [0.2, 0.25) is 0 Å². The van der Waals surface area contributed by atoms with Gasteiger partial charge in [0.05, 0.1) is 6.61 Å². The van der Waals surface area contributed by atoms with Crippen molar-refractivity contribution < 1.29 is 23.9 Å². The van der Waals surface area contributed by atoms with Crippen molar-refractivity contribution in [2.45, 2.75) is 19.4 Å². The largest absolute Gasteiger partial charge is 0.462 e. The molecule has 0 aromatic heterocycles. The van der Waals surface area contributed by atoms with E-state index in [2.05, 4.69) is 5.32 Å². The fourth-order valence-corrected chi connectivity index (χ4v) is 2.18. The lowest BCUT2D eigenvalue weighted by molar-refractivity contribution is -0.148. The third-order valence-corrected chi connectivity index (χ3v) is 3.29. The van der Waals surface area contributed by atoms with Crippen LogP contribution in [0, 0.1) is 0 Å². The molecular formula is C16H20N2O5. The number of amides is 3. The molecule has 1 heterocycles. The minimum Gasteiger partial charge on any atom is -0.462 e. The summed E-state index contributed by atoms with van der Waals surface area (Å²) >= 11 is 0. The van der Waals surface area contributed by atoms with E-state index < -0.39 is 30.5 Å². The van der Waals surface area contributed by atoms with Gasteiger partial charge in [0.1, 0.15) is 19.2 Å². The van der Waals surface area contributed by atoms with Gasteiger partial charge in [-0.2, -0.15) is 0 Å². The molecule has 124 valence electrons. The Morgan fingerprint density at radius 3 is 2.61 bits per heavy atom. The van der Waals surface area contributed by atoms with Crippen LogP contribution in [0.25, 0.3) is 0 Å². The highest BCUT2D eigenvalue weighted by Gasteiger charge is 2.40. The lowest BCUT2D eigenvalue weighted by atomic mass is 10.1. The van der Waals surface area contributed by atoms with Gasteiger partial charge in [-0.25, -0.2) is 4.79 Å². The van der Waals surface area contributed by atoms with Crippen molar-refractivity contribution in [1.29, 1.82) is 0 Å². The molecular weight excluding hydrogens is 300 g/mol. The number of rotatable bonds is 8. The lowest BCUT2D eigenvalue weighted by Gasteiger charge is -2.12. The Hall–Kier alpha value is -2.41. The van der Waals surface area contributed by atoms with Crippen LogP contribution in [0.4, 0.5) is 4.79 Å².